The van der Waals surface area contributed by atoms with Crippen LogP contribution in [-0.4, -0.2) is 54.8 Å². The first-order valence-corrected chi connectivity index (χ1v) is 11.7. The Balaban J connectivity index is 1.34. The van der Waals surface area contributed by atoms with Gasteiger partial charge in [-0.15, -0.1) is 0 Å². The molecular formula is C24H32FN5S. The van der Waals surface area contributed by atoms with Crippen molar-refractivity contribution >= 4 is 28.8 Å². The molecule has 4 rings (SSSR count). The number of piperazine rings is 1. The molecule has 2 N–H and O–H groups in total. The molecule has 0 unspecified atom stereocenters. The monoisotopic (exact) mass is 441 g/mol. The number of thiocarbonyl (C=S) groups is 1. The Morgan fingerprint density at radius 1 is 1.03 bits per heavy atom. The number of halogens is 1. The second-order valence-corrected chi connectivity index (χ2v) is 9.26. The minimum absolute atomic E-state index is 0.00121. The number of anilines is 2. The fraction of sp³-hybridized carbons (Fsp3) is 0.500. The molecular weight excluding hydrogens is 409 g/mol. The quantitative estimate of drug-likeness (QED) is 0.680. The van der Waals surface area contributed by atoms with Gasteiger partial charge >= 0.3 is 0 Å². The van der Waals surface area contributed by atoms with Crippen molar-refractivity contribution in [1.29, 1.82) is 0 Å². The van der Waals surface area contributed by atoms with Gasteiger partial charge in [0.05, 0.1) is 11.9 Å². The molecule has 1 aromatic carbocycles. The van der Waals surface area contributed by atoms with E-state index < -0.39 is 0 Å². The number of rotatable bonds is 5. The SMILES string of the molecule is CN1CCN(c2ccc(NC(=S)NCC3(c4ccc(F)cc4)CCCCC3)cn2)CC1. The standard InChI is InChI=1S/C24H32FN5S/c1-29-13-15-30(16-14-29)22-10-9-21(17-26-22)28-23(31)27-18-24(11-3-2-4-12-24)19-5-7-20(25)8-6-19/h5-10,17H,2-4,11-16,18H2,1H3,(H2,27,28,31). The van der Waals surface area contributed by atoms with Gasteiger partial charge in [0, 0.05) is 38.1 Å². The highest BCUT2D eigenvalue weighted by atomic mass is 32.1. The fourth-order valence-electron chi connectivity index (χ4n) is 4.71. The highest BCUT2D eigenvalue weighted by Crippen LogP contribution is 2.39. The minimum atomic E-state index is -0.188. The zero-order chi connectivity index (χ0) is 21.7. The van der Waals surface area contributed by atoms with Gasteiger partial charge in [-0.25, -0.2) is 9.37 Å². The van der Waals surface area contributed by atoms with Crippen LogP contribution < -0.4 is 15.5 Å². The smallest absolute Gasteiger partial charge is 0.170 e. The molecule has 0 atom stereocenters. The lowest BCUT2D eigenvalue weighted by atomic mass is 9.69. The van der Waals surface area contributed by atoms with E-state index in [0.29, 0.717) is 5.11 Å². The molecule has 0 bridgehead atoms. The van der Waals surface area contributed by atoms with Crippen LogP contribution in [-0.2, 0) is 5.41 Å². The van der Waals surface area contributed by atoms with E-state index in [4.69, 9.17) is 12.2 Å². The second kappa shape index (κ2) is 9.92. The molecule has 2 fully saturated rings. The predicted octanol–water partition coefficient (Wildman–Crippen LogP) is 4.16. The minimum Gasteiger partial charge on any atom is -0.362 e. The van der Waals surface area contributed by atoms with E-state index in [1.165, 1.54) is 24.8 Å². The van der Waals surface area contributed by atoms with Crippen molar-refractivity contribution in [2.75, 3.05) is 50.0 Å². The van der Waals surface area contributed by atoms with E-state index in [-0.39, 0.29) is 11.2 Å². The van der Waals surface area contributed by atoms with Crippen molar-refractivity contribution < 1.29 is 4.39 Å². The maximum atomic E-state index is 13.4. The molecule has 2 aromatic rings. The lowest BCUT2D eigenvalue weighted by molar-refractivity contribution is 0.292. The van der Waals surface area contributed by atoms with E-state index in [0.717, 1.165) is 57.1 Å². The third kappa shape index (κ3) is 5.52. The maximum absolute atomic E-state index is 13.4. The third-order valence-electron chi connectivity index (χ3n) is 6.69. The fourth-order valence-corrected chi connectivity index (χ4v) is 4.90. The number of pyridine rings is 1. The van der Waals surface area contributed by atoms with Crippen LogP contribution in [0.15, 0.2) is 42.6 Å². The van der Waals surface area contributed by atoms with E-state index >= 15 is 0 Å². The Morgan fingerprint density at radius 3 is 2.39 bits per heavy atom. The number of aromatic nitrogens is 1. The van der Waals surface area contributed by atoms with Crippen molar-refractivity contribution in [2.24, 2.45) is 0 Å². The Kier molecular flexibility index (Phi) is 7.02. The highest BCUT2D eigenvalue weighted by molar-refractivity contribution is 7.80. The molecule has 0 spiro atoms. The van der Waals surface area contributed by atoms with E-state index in [1.54, 1.807) is 12.1 Å². The van der Waals surface area contributed by atoms with Crippen LogP contribution in [0.2, 0.25) is 0 Å². The van der Waals surface area contributed by atoms with Gasteiger partial charge in [0.2, 0.25) is 0 Å². The Morgan fingerprint density at radius 2 is 1.74 bits per heavy atom. The largest absolute Gasteiger partial charge is 0.362 e. The summed E-state index contributed by atoms with van der Waals surface area (Å²) in [5.74, 6) is 0.822. The number of hydrogen-bond acceptors (Lipinski definition) is 4. The van der Waals surface area contributed by atoms with Crippen LogP contribution in [0.4, 0.5) is 15.9 Å². The summed E-state index contributed by atoms with van der Waals surface area (Å²) in [6.45, 7) is 4.87. The van der Waals surface area contributed by atoms with Gasteiger partial charge < -0.3 is 20.4 Å². The molecule has 1 saturated carbocycles. The summed E-state index contributed by atoms with van der Waals surface area (Å²) >= 11 is 5.57. The summed E-state index contributed by atoms with van der Waals surface area (Å²) in [5.41, 5.74) is 2.08. The van der Waals surface area contributed by atoms with Crippen molar-refractivity contribution in [3.63, 3.8) is 0 Å². The summed E-state index contributed by atoms with van der Waals surface area (Å²) in [6, 6.07) is 11.1. The van der Waals surface area contributed by atoms with E-state index in [1.807, 2.05) is 24.4 Å². The molecule has 5 nitrogen and oxygen atoms in total. The zero-order valence-electron chi connectivity index (χ0n) is 18.2. The Bertz CT molecular complexity index is 857. The lowest BCUT2D eigenvalue weighted by Gasteiger charge is -2.38. The molecule has 2 heterocycles. The first-order chi connectivity index (χ1) is 15.0. The third-order valence-corrected chi connectivity index (χ3v) is 6.93. The lowest BCUT2D eigenvalue weighted by Crippen LogP contribution is -2.44. The maximum Gasteiger partial charge on any atom is 0.170 e. The summed E-state index contributed by atoms with van der Waals surface area (Å²) in [6.07, 6.45) is 7.67. The number of nitrogens with one attached hydrogen (secondary N) is 2. The molecule has 1 aliphatic heterocycles. The zero-order valence-corrected chi connectivity index (χ0v) is 19.1. The normalized spacial score (nSPS) is 19.1. The van der Waals surface area contributed by atoms with Gasteiger partial charge in [-0.2, -0.15) is 0 Å². The van der Waals surface area contributed by atoms with E-state index in [2.05, 4.69) is 38.5 Å². The van der Waals surface area contributed by atoms with Gasteiger partial charge in [0.25, 0.3) is 0 Å². The number of nitrogens with zero attached hydrogens (tertiary/aromatic N) is 3. The topological polar surface area (TPSA) is 43.4 Å². The van der Waals surface area contributed by atoms with Crippen LogP contribution in [0.5, 0.6) is 0 Å². The molecule has 1 aromatic heterocycles. The molecule has 31 heavy (non-hydrogen) atoms. The van der Waals surface area contributed by atoms with Gasteiger partial charge in [0.1, 0.15) is 11.6 Å². The van der Waals surface area contributed by atoms with Gasteiger partial charge in [0.15, 0.2) is 5.11 Å². The molecule has 1 saturated heterocycles. The molecule has 166 valence electrons. The molecule has 2 aliphatic rings. The summed E-state index contributed by atoms with van der Waals surface area (Å²) in [5, 5.41) is 7.29. The second-order valence-electron chi connectivity index (χ2n) is 8.85. The van der Waals surface area contributed by atoms with Crippen LogP contribution in [0.3, 0.4) is 0 Å². The van der Waals surface area contributed by atoms with Crippen LogP contribution in [0.1, 0.15) is 37.7 Å². The van der Waals surface area contributed by atoms with Crippen molar-refractivity contribution in [3.8, 4) is 0 Å². The van der Waals surface area contributed by atoms with Crippen LogP contribution in [0.25, 0.3) is 0 Å². The van der Waals surface area contributed by atoms with Crippen LogP contribution >= 0.6 is 12.2 Å². The van der Waals surface area contributed by atoms with Crippen LogP contribution in [0, 0.1) is 5.82 Å². The Labute approximate surface area is 190 Å². The highest BCUT2D eigenvalue weighted by Gasteiger charge is 2.34. The van der Waals surface area contributed by atoms with Gasteiger partial charge in [-0.05, 0) is 61.9 Å². The average Bonchev–Trinajstić information content (AvgIpc) is 2.80. The van der Waals surface area contributed by atoms with Crippen molar-refractivity contribution in [2.45, 2.75) is 37.5 Å². The molecule has 0 amide bonds. The first kappa shape index (κ1) is 22.0. The number of hydrogen-bond donors (Lipinski definition) is 2. The summed E-state index contributed by atoms with van der Waals surface area (Å²) in [4.78, 5) is 9.27. The summed E-state index contributed by atoms with van der Waals surface area (Å²) in [7, 11) is 2.15. The van der Waals surface area contributed by atoms with E-state index in [9.17, 15) is 4.39 Å². The predicted molar refractivity (Wildman–Crippen MR) is 129 cm³/mol. The first-order valence-electron chi connectivity index (χ1n) is 11.2. The van der Waals surface area contributed by atoms with Gasteiger partial charge in [-0.3, -0.25) is 0 Å². The van der Waals surface area contributed by atoms with Crippen molar-refractivity contribution in [1.82, 2.24) is 15.2 Å². The summed E-state index contributed by atoms with van der Waals surface area (Å²) < 4.78 is 13.4. The molecule has 0 radical (unpaired) electrons. The molecule has 1 aliphatic carbocycles. The average molecular weight is 442 g/mol. The number of likely N-dealkylation sites (N-methyl/N-ethyl adjacent to an activating group) is 1. The Hall–Kier alpha value is -2.25. The number of benzene rings is 1. The van der Waals surface area contributed by atoms with Crippen molar-refractivity contribution in [3.05, 3.63) is 54.0 Å². The van der Waals surface area contributed by atoms with Gasteiger partial charge in [-0.1, -0.05) is 31.4 Å². The molecule has 7 heteroatoms.